The van der Waals surface area contributed by atoms with Gasteiger partial charge in [0.25, 0.3) is 0 Å². The van der Waals surface area contributed by atoms with Crippen LogP contribution in [0.5, 0.6) is 0 Å². The van der Waals surface area contributed by atoms with E-state index in [0.29, 0.717) is 42.0 Å². The maximum Gasteiger partial charge on any atom is 0.239 e. The van der Waals surface area contributed by atoms with E-state index in [-0.39, 0.29) is 29.9 Å². The van der Waals surface area contributed by atoms with E-state index in [1.165, 1.54) is 19.2 Å². The van der Waals surface area contributed by atoms with Crippen molar-refractivity contribution >= 4 is 22.0 Å². The van der Waals surface area contributed by atoms with E-state index >= 15 is 0 Å². The molecule has 1 fully saturated rings. The first-order valence-corrected chi connectivity index (χ1v) is 16.3. The lowest BCUT2D eigenvalue weighted by Crippen LogP contribution is -2.41. The first-order chi connectivity index (χ1) is 20.2. The van der Waals surface area contributed by atoms with E-state index in [1.807, 2.05) is 77.1 Å². The van der Waals surface area contributed by atoms with Gasteiger partial charge in [-0.05, 0) is 56.5 Å². The van der Waals surface area contributed by atoms with Gasteiger partial charge in [0.05, 0.1) is 42.1 Å². The minimum atomic E-state index is -3.62. The Morgan fingerprint density at radius 1 is 1.07 bits per heavy atom. The largest absolute Gasteiger partial charge is 0.373 e. The van der Waals surface area contributed by atoms with Gasteiger partial charge in [0.2, 0.25) is 16.0 Å². The first-order valence-electron chi connectivity index (χ1n) is 14.5. The predicted octanol–water partition coefficient (Wildman–Crippen LogP) is 6.72. The second-order valence-corrected chi connectivity index (χ2v) is 14.2. The van der Waals surface area contributed by atoms with E-state index in [4.69, 9.17) is 14.2 Å². The number of anilines is 1. The Balaban J connectivity index is 1.71. The number of hydrogen-bond acceptors (Lipinski definition) is 7. The minimum Gasteiger partial charge on any atom is -0.373 e. The molecule has 3 atom stereocenters. The van der Waals surface area contributed by atoms with Crippen LogP contribution in [0.15, 0.2) is 60.7 Å². The summed E-state index contributed by atoms with van der Waals surface area (Å²) < 4.78 is 58.6. The molecule has 0 amide bonds. The Labute approximate surface area is 255 Å². The molecule has 0 N–H and O–H groups in total. The topological polar surface area (TPSA) is 90.9 Å². The molecule has 1 aliphatic heterocycles. The van der Waals surface area contributed by atoms with Gasteiger partial charge in [0.1, 0.15) is 5.82 Å². The third-order valence-electron chi connectivity index (χ3n) is 6.98. The second-order valence-electron chi connectivity index (χ2n) is 12.1. The molecule has 1 aliphatic rings. The molecule has 4 rings (SSSR count). The van der Waals surface area contributed by atoms with Gasteiger partial charge in [-0.2, -0.15) is 0 Å². The van der Waals surface area contributed by atoms with Crippen LogP contribution in [0.3, 0.4) is 0 Å². The number of halogens is 1. The van der Waals surface area contributed by atoms with Crippen molar-refractivity contribution in [3.8, 4) is 11.3 Å². The lowest BCUT2D eigenvalue weighted by atomic mass is 9.96. The van der Waals surface area contributed by atoms with E-state index in [2.05, 4.69) is 9.97 Å². The van der Waals surface area contributed by atoms with Crippen LogP contribution in [-0.4, -0.2) is 55.8 Å². The van der Waals surface area contributed by atoms with E-state index in [0.717, 1.165) is 16.1 Å². The molecule has 2 unspecified atom stereocenters. The smallest absolute Gasteiger partial charge is 0.239 e. The molecular formula is C33H42FN3O5S. The van der Waals surface area contributed by atoms with Crippen LogP contribution in [0.2, 0.25) is 0 Å². The summed E-state index contributed by atoms with van der Waals surface area (Å²) in [6.45, 7) is 10.4. The van der Waals surface area contributed by atoms with E-state index in [9.17, 15) is 12.8 Å². The number of hydrogen-bond donors (Lipinski definition) is 0. The Kier molecular flexibility index (Phi) is 10.4. The summed E-state index contributed by atoms with van der Waals surface area (Å²) in [5.74, 6) is -0.404. The zero-order chi connectivity index (χ0) is 31.4. The summed E-state index contributed by atoms with van der Waals surface area (Å²) in [7, 11) is -2.20. The summed E-state index contributed by atoms with van der Waals surface area (Å²) in [4.78, 5) is 9.33. The molecule has 232 valence electrons. The van der Waals surface area contributed by atoms with Gasteiger partial charge in [-0.1, -0.05) is 56.3 Å². The van der Waals surface area contributed by atoms with Crippen LogP contribution >= 0.6 is 0 Å². The Hall–Kier alpha value is -3.18. The standard InChI is InChI=1S/C33H42FN3O5S/c1-22(2)30-28(31(24-13-15-25(34)16-14-24)36-32(35-30)37(6)43(7,38)39)18-17-26-19-27(20-29(41-26)42-33(3,4)5)40-21-23-11-9-8-10-12-23/h8-18,22,26-27,29H,19-21H2,1-7H3/b18-17+/t26?,27-,29?/m1/s1. The summed E-state index contributed by atoms with van der Waals surface area (Å²) in [5.41, 5.74) is 3.18. The molecule has 10 heteroatoms. The number of sulfonamides is 1. The molecule has 0 bridgehead atoms. The molecule has 43 heavy (non-hydrogen) atoms. The molecule has 0 radical (unpaired) electrons. The summed E-state index contributed by atoms with van der Waals surface area (Å²) in [6.07, 6.45) is 5.29. The van der Waals surface area contributed by atoms with E-state index < -0.39 is 21.9 Å². The normalized spacial score (nSPS) is 19.7. The molecule has 1 aromatic heterocycles. The molecule has 2 aromatic carbocycles. The number of ether oxygens (including phenoxy) is 3. The molecule has 2 heterocycles. The predicted molar refractivity (Wildman–Crippen MR) is 168 cm³/mol. The van der Waals surface area contributed by atoms with Crippen molar-refractivity contribution in [2.24, 2.45) is 0 Å². The number of nitrogens with zero attached hydrogens (tertiary/aromatic N) is 3. The van der Waals surface area contributed by atoms with Crippen molar-refractivity contribution in [3.05, 3.63) is 83.3 Å². The second kappa shape index (κ2) is 13.6. The molecule has 0 aliphatic carbocycles. The van der Waals surface area contributed by atoms with Gasteiger partial charge in [0.15, 0.2) is 6.29 Å². The Bertz CT molecular complexity index is 1510. The summed E-state index contributed by atoms with van der Waals surface area (Å²) in [6, 6.07) is 16.0. The van der Waals surface area contributed by atoms with Crippen molar-refractivity contribution < 1.29 is 27.0 Å². The van der Waals surface area contributed by atoms with Gasteiger partial charge < -0.3 is 14.2 Å². The molecule has 0 saturated carbocycles. The van der Waals surface area contributed by atoms with Gasteiger partial charge in [-0.3, -0.25) is 0 Å². The van der Waals surface area contributed by atoms with Crippen LogP contribution in [0.1, 0.15) is 70.2 Å². The highest BCUT2D eigenvalue weighted by Gasteiger charge is 2.32. The third kappa shape index (κ3) is 9.15. The van der Waals surface area contributed by atoms with Gasteiger partial charge in [-0.15, -0.1) is 0 Å². The van der Waals surface area contributed by atoms with Crippen molar-refractivity contribution in [3.63, 3.8) is 0 Å². The van der Waals surface area contributed by atoms with Gasteiger partial charge >= 0.3 is 0 Å². The van der Waals surface area contributed by atoms with Crippen LogP contribution < -0.4 is 4.31 Å². The van der Waals surface area contributed by atoms with Crippen LogP contribution in [-0.2, 0) is 30.8 Å². The van der Waals surface area contributed by atoms with Crippen LogP contribution in [0.4, 0.5) is 10.3 Å². The number of benzene rings is 2. The quantitative estimate of drug-likeness (QED) is 0.251. The van der Waals surface area contributed by atoms with Crippen molar-refractivity contribution in [2.75, 3.05) is 17.6 Å². The van der Waals surface area contributed by atoms with Crippen LogP contribution in [0.25, 0.3) is 17.3 Å². The van der Waals surface area contributed by atoms with Crippen molar-refractivity contribution in [2.45, 2.75) is 84.1 Å². The number of aromatic nitrogens is 2. The third-order valence-corrected chi connectivity index (χ3v) is 8.13. The van der Waals surface area contributed by atoms with Crippen molar-refractivity contribution in [1.82, 2.24) is 9.97 Å². The highest BCUT2D eigenvalue weighted by molar-refractivity contribution is 7.92. The SMILES string of the molecule is CC(C)c1nc(N(C)S(C)(=O)=O)nc(-c2ccc(F)cc2)c1/C=C/C1C[C@@H](OCc2ccccc2)CC(OC(C)(C)C)O1. The molecule has 1 saturated heterocycles. The fourth-order valence-corrected chi connectivity index (χ4v) is 5.17. The summed E-state index contributed by atoms with van der Waals surface area (Å²) >= 11 is 0. The highest BCUT2D eigenvalue weighted by atomic mass is 32.2. The lowest BCUT2D eigenvalue weighted by Gasteiger charge is -2.37. The zero-order valence-electron chi connectivity index (χ0n) is 26.0. The maximum absolute atomic E-state index is 13.9. The first kappa shape index (κ1) is 32.7. The summed E-state index contributed by atoms with van der Waals surface area (Å²) in [5, 5.41) is 0. The molecule has 3 aromatic rings. The van der Waals surface area contributed by atoms with Gasteiger partial charge in [0, 0.05) is 31.0 Å². The highest BCUT2D eigenvalue weighted by Crippen LogP contribution is 2.33. The minimum absolute atomic E-state index is 0.0459. The lowest BCUT2D eigenvalue weighted by molar-refractivity contribution is -0.246. The molecule has 0 spiro atoms. The van der Waals surface area contributed by atoms with Crippen molar-refractivity contribution in [1.29, 1.82) is 0 Å². The number of rotatable bonds is 10. The van der Waals surface area contributed by atoms with Gasteiger partial charge in [-0.25, -0.2) is 27.1 Å². The fourth-order valence-electron chi connectivity index (χ4n) is 4.79. The molecular weight excluding hydrogens is 569 g/mol. The maximum atomic E-state index is 13.9. The average Bonchev–Trinajstić information content (AvgIpc) is 2.93. The average molecular weight is 612 g/mol. The Morgan fingerprint density at radius 2 is 1.74 bits per heavy atom. The Morgan fingerprint density at radius 3 is 2.35 bits per heavy atom. The molecule has 8 nitrogen and oxygen atoms in total. The monoisotopic (exact) mass is 611 g/mol. The van der Waals surface area contributed by atoms with E-state index in [1.54, 1.807) is 12.1 Å². The van der Waals surface area contributed by atoms with Crippen LogP contribution in [0, 0.1) is 5.82 Å². The zero-order valence-corrected chi connectivity index (χ0v) is 26.8. The fraction of sp³-hybridized carbons (Fsp3) is 0.455.